The number of fused-ring (bicyclic) bond motifs is 1. The molecule has 0 unspecified atom stereocenters. The second-order valence-corrected chi connectivity index (χ2v) is 3.48. The van der Waals surface area contributed by atoms with Crippen molar-refractivity contribution < 1.29 is 0 Å². The number of nitrogens with zero attached hydrogens (tertiary/aromatic N) is 1. The van der Waals surface area contributed by atoms with E-state index >= 15 is 0 Å². The van der Waals surface area contributed by atoms with Gasteiger partial charge in [-0.2, -0.15) is 0 Å². The average molecular weight is 178 g/mol. The number of rotatable bonds is 1. The normalized spacial score (nSPS) is 10.8. The molecule has 1 aromatic carbocycles. The van der Waals surface area contributed by atoms with Crippen molar-refractivity contribution in [2.45, 2.75) is 6.54 Å². The van der Waals surface area contributed by atoms with E-state index in [-0.39, 0.29) is 4.87 Å². The minimum absolute atomic E-state index is 0.0752. The van der Waals surface area contributed by atoms with Crippen LogP contribution < -0.4 is 4.87 Å². The predicted octanol–water partition coefficient (Wildman–Crippen LogP) is 1.90. The lowest BCUT2D eigenvalue weighted by Gasteiger charge is -1.95. The van der Waals surface area contributed by atoms with Crippen molar-refractivity contribution in [2.75, 3.05) is 0 Å². The van der Waals surface area contributed by atoms with E-state index in [1.54, 1.807) is 4.57 Å². The lowest BCUT2D eigenvalue weighted by Crippen LogP contribution is -2.10. The Balaban J connectivity index is 2.91. The summed E-state index contributed by atoms with van der Waals surface area (Å²) in [6, 6.07) is 7.76. The molecule has 0 bridgehead atoms. The van der Waals surface area contributed by atoms with Gasteiger partial charge in [0.25, 0.3) is 0 Å². The topological polar surface area (TPSA) is 22.0 Å². The summed E-state index contributed by atoms with van der Waals surface area (Å²) in [5.41, 5.74) is 0.988. The molecule has 3 heteroatoms. The number of aromatic nitrogens is 1. The highest BCUT2D eigenvalue weighted by Gasteiger charge is 2.02. The second-order valence-electron chi connectivity index (χ2n) is 2.49. The fourth-order valence-corrected chi connectivity index (χ4v) is 2.14. The van der Waals surface area contributed by atoms with E-state index in [1.165, 1.54) is 11.3 Å². The summed E-state index contributed by atoms with van der Waals surface area (Å²) in [5, 5.41) is 0. The van der Waals surface area contributed by atoms with E-state index in [4.69, 9.17) is 0 Å². The monoisotopic (exact) mass is 178 g/mol. The third-order valence-electron chi connectivity index (χ3n) is 1.80. The molecule has 0 atom stereocenters. The van der Waals surface area contributed by atoms with Gasteiger partial charge < -0.3 is 0 Å². The number of benzene rings is 1. The highest BCUT2D eigenvalue weighted by Crippen LogP contribution is 2.15. The molecule has 0 aliphatic carbocycles. The number of thiazole rings is 1. The van der Waals surface area contributed by atoms with Crippen LogP contribution >= 0.6 is 11.3 Å². The summed E-state index contributed by atoms with van der Waals surface area (Å²) in [7, 11) is 0. The third kappa shape index (κ3) is 0.975. The van der Waals surface area contributed by atoms with Crippen molar-refractivity contribution in [3.05, 3.63) is 40.9 Å². The van der Waals surface area contributed by atoms with Crippen molar-refractivity contribution >= 4 is 21.6 Å². The summed E-state index contributed by atoms with van der Waals surface area (Å²) in [4.78, 5) is 11.4. The largest absolute Gasteiger partial charge is 0.308 e. The Bertz CT molecular complexity index is 455. The van der Waals surface area contributed by atoms with Crippen molar-refractivity contribution in [1.82, 2.24) is 4.57 Å². The predicted molar refractivity (Wildman–Crippen MR) is 51.4 cm³/mol. The molecule has 2 rings (SSSR count). The molecular weight excluding hydrogens is 170 g/mol. The maximum atomic E-state index is 11.3. The SMILES string of the molecule is [CH2]Cn1c(=O)sc2ccccc21. The summed E-state index contributed by atoms with van der Waals surface area (Å²) >= 11 is 1.27. The molecule has 61 valence electrons. The first-order valence-corrected chi connectivity index (χ1v) is 4.52. The molecule has 12 heavy (non-hydrogen) atoms. The first-order valence-electron chi connectivity index (χ1n) is 3.70. The molecule has 0 saturated carbocycles. The smallest absolute Gasteiger partial charge is 0.299 e. The Morgan fingerprint density at radius 3 is 2.92 bits per heavy atom. The molecule has 0 aliphatic heterocycles. The zero-order valence-electron chi connectivity index (χ0n) is 6.49. The lowest BCUT2D eigenvalue weighted by atomic mass is 10.3. The first-order chi connectivity index (χ1) is 5.83. The minimum atomic E-state index is 0.0752. The third-order valence-corrected chi connectivity index (χ3v) is 2.76. The van der Waals surface area contributed by atoms with E-state index < -0.39 is 0 Å². The van der Waals surface area contributed by atoms with Crippen LogP contribution in [0.2, 0.25) is 0 Å². The van der Waals surface area contributed by atoms with Crippen LogP contribution in [0.3, 0.4) is 0 Å². The Hall–Kier alpha value is -1.09. The molecule has 2 nitrogen and oxygen atoms in total. The zero-order valence-corrected chi connectivity index (χ0v) is 7.30. The van der Waals surface area contributed by atoms with Gasteiger partial charge in [0.2, 0.25) is 0 Å². The zero-order chi connectivity index (χ0) is 8.55. The maximum absolute atomic E-state index is 11.3. The van der Waals surface area contributed by atoms with E-state index in [1.807, 2.05) is 24.3 Å². The van der Waals surface area contributed by atoms with E-state index in [0.29, 0.717) is 6.54 Å². The summed E-state index contributed by atoms with van der Waals surface area (Å²) in [5.74, 6) is 0. The maximum Gasteiger partial charge on any atom is 0.308 e. The Morgan fingerprint density at radius 1 is 1.42 bits per heavy atom. The van der Waals surface area contributed by atoms with E-state index in [2.05, 4.69) is 6.92 Å². The molecule has 0 aliphatic rings. The molecule has 1 heterocycles. The Morgan fingerprint density at radius 2 is 2.17 bits per heavy atom. The van der Waals surface area contributed by atoms with Crippen molar-refractivity contribution in [1.29, 1.82) is 0 Å². The van der Waals surface area contributed by atoms with Gasteiger partial charge in [-0.05, 0) is 19.1 Å². The molecule has 1 aromatic heterocycles. The van der Waals surface area contributed by atoms with Crippen molar-refractivity contribution in [3.63, 3.8) is 0 Å². The standard InChI is InChI=1S/C9H8NOS/c1-2-10-7-5-3-4-6-8(7)12-9(10)11/h3-6H,1-2H2. The lowest BCUT2D eigenvalue weighted by molar-refractivity contribution is 0.838. The molecular formula is C9H8NOS. The molecule has 1 radical (unpaired) electrons. The highest BCUT2D eigenvalue weighted by molar-refractivity contribution is 7.16. The van der Waals surface area contributed by atoms with Crippen LogP contribution in [-0.2, 0) is 6.54 Å². The van der Waals surface area contributed by atoms with Gasteiger partial charge >= 0.3 is 4.87 Å². The molecule has 2 aromatic rings. The fraction of sp³-hybridized carbons (Fsp3) is 0.111. The van der Waals surface area contributed by atoms with Gasteiger partial charge in [0, 0.05) is 6.54 Å². The van der Waals surface area contributed by atoms with Crippen molar-refractivity contribution in [3.8, 4) is 0 Å². The van der Waals surface area contributed by atoms with Crippen LogP contribution in [0.1, 0.15) is 0 Å². The van der Waals surface area contributed by atoms with Crippen molar-refractivity contribution in [2.24, 2.45) is 0 Å². The van der Waals surface area contributed by atoms with Gasteiger partial charge in [-0.15, -0.1) is 0 Å². The summed E-state index contributed by atoms with van der Waals surface area (Å²) < 4.78 is 2.71. The molecule has 0 fully saturated rings. The van der Waals surface area contributed by atoms with Gasteiger partial charge in [-0.1, -0.05) is 23.5 Å². The number of hydrogen-bond donors (Lipinski definition) is 0. The van der Waals surface area contributed by atoms with Gasteiger partial charge in [0.15, 0.2) is 0 Å². The molecule has 0 spiro atoms. The highest BCUT2D eigenvalue weighted by atomic mass is 32.1. The molecule has 0 saturated heterocycles. The molecule has 0 amide bonds. The molecule has 0 N–H and O–H groups in total. The van der Waals surface area contributed by atoms with Crippen LogP contribution in [-0.4, -0.2) is 4.57 Å². The quantitative estimate of drug-likeness (QED) is 0.653. The first kappa shape index (κ1) is 7.55. The number of hydrogen-bond acceptors (Lipinski definition) is 2. The Kier molecular flexibility index (Phi) is 1.73. The van der Waals surface area contributed by atoms with Gasteiger partial charge in [0.05, 0.1) is 10.2 Å². The van der Waals surface area contributed by atoms with E-state index in [9.17, 15) is 4.79 Å². The van der Waals surface area contributed by atoms with Crippen LogP contribution in [0.4, 0.5) is 0 Å². The summed E-state index contributed by atoms with van der Waals surface area (Å²) in [6.45, 7) is 4.21. The van der Waals surface area contributed by atoms with Crippen LogP contribution in [0.15, 0.2) is 29.1 Å². The van der Waals surface area contributed by atoms with E-state index in [0.717, 1.165) is 10.2 Å². The Labute approximate surface area is 74.1 Å². The van der Waals surface area contributed by atoms with Crippen LogP contribution in [0, 0.1) is 6.92 Å². The summed E-state index contributed by atoms with van der Waals surface area (Å²) in [6.07, 6.45) is 0. The van der Waals surface area contributed by atoms with Crippen LogP contribution in [0.5, 0.6) is 0 Å². The van der Waals surface area contributed by atoms with Crippen LogP contribution in [0.25, 0.3) is 10.2 Å². The van der Waals surface area contributed by atoms with Gasteiger partial charge in [0.1, 0.15) is 0 Å². The number of para-hydroxylation sites is 1. The van der Waals surface area contributed by atoms with Gasteiger partial charge in [-0.3, -0.25) is 9.36 Å². The fourth-order valence-electron chi connectivity index (χ4n) is 1.23. The minimum Gasteiger partial charge on any atom is -0.299 e. The average Bonchev–Trinajstić information content (AvgIpc) is 2.40. The van der Waals surface area contributed by atoms with Gasteiger partial charge in [-0.25, -0.2) is 0 Å². The second kappa shape index (κ2) is 2.75.